The van der Waals surface area contributed by atoms with Crippen LogP contribution in [0.5, 0.6) is 0 Å². The molecule has 1 aliphatic rings. The van der Waals surface area contributed by atoms with E-state index in [0.29, 0.717) is 11.0 Å². The number of nitrogens with one attached hydrogen (secondary N) is 1. The second-order valence-electron chi connectivity index (χ2n) is 6.49. The molecule has 5 nitrogen and oxygen atoms in total. The molecule has 1 fully saturated rings. The van der Waals surface area contributed by atoms with E-state index in [-0.39, 0.29) is 30.6 Å². The van der Waals surface area contributed by atoms with E-state index in [1.165, 1.54) is 10.6 Å². The van der Waals surface area contributed by atoms with Crippen LogP contribution in [0.4, 0.5) is 8.78 Å². The van der Waals surface area contributed by atoms with Crippen molar-refractivity contribution in [2.24, 2.45) is 0 Å². The molecule has 0 aliphatic carbocycles. The molecule has 0 unspecified atom stereocenters. The van der Waals surface area contributed by atoms with Gasteiger partial charge in [0.15, 0.2) is 0 Å². The number of aryl methyl sites for hydroxylation is 1. The lowest BCUT2D eigenvalue weighted by Crippen LogP contribution is -2.47. The summed E-state index contributed by atoms with van der Waals surface area (Å²) in [6.07, 6.45) is 1.20. The van der Waals surface area contributed by atoms with Gasteiger partial charge in [-0.3, -0.25) is 4.79 Å². The van der Waals surface area contributed by atoms with Crippen molar-refractivity contribution in [3.8, 4) is 0 Å². The Morgan fingerprint density at radius 1 is 1.48 bits per heavy atom. The third-order valence-electron chi connectivity index (χ3n) is 4.79. The number of alkyl halides is 2. The monoisotopic (exact) mass is 350 g/mol. The van der Waals surface area contributed by atoms with Crippen LogP contribution in [0.15, 0.2) is 24.4 Å². The predicted molar refractivity (Wildman–Crippen MR) is 92.6 cm³/mol. The maximum Gasteiger partial charge on any atom is 0.278 e. The Hall–Kier alpha value is -2.02. The maximum absolute atomic E-state index is 13.3. The number of carbonyl (C=O) groups is 1. The van der Waals surface area contributed by atoms with Crippen molar-refractivity contribution in [2.75, 3.05) is 19.6 Å². The first-order valence-electron chi connectivity index (χ1n) is 8.82. The number of piperidine rings is 1. The van der Waals surface area contributed by atoms with Crippen molar-refractivity contribution in [2.45, 2.75) is 45.2 Å². The van der Waals surface area contributed by atoms with Crippen molar-refractivity contribution >= 4 is 16.9 Å². The van der Waals surface area contributed by atoms with Crippen molar-refractivity contribution in [1.82, 2.24) is 19.8 Å². The molecule has 2 aromatic rings. The molecule has 1 saturated heterocycles. The lowest BCUT2D eigenvalue weighted by Gasteiger charge is -2.32. The molecule has 0 spiro atoms. The quantitative estimate of drug-likeness (QED) is 0.871. The number of aromatic nitrogens is 2. The summed E-state index contributed by atoms with van der Waals surface area (Å²) in [6, 6.07) is 5.07. The first kappa shape index (κ1) is 17.8. The Bertz CT molecular complexity index is 731. The Balaban J connectivity index is 1.64. The minimum absolute atomic E-state index is 0.0867. The average molecular weight is 350 g/mol. The highest BCUT2D eigenvalue weighted by Gasteiger charge is 2.21. The highest BCUT2D eigenvalue weighted by Crippen LogP contribution is 2.26. The number of carbonyl (C=O) groups excluding carboxylic acids is 1. The molecule has 0 aromatic carbocycles. The van der Waals surface area contributed by atoms with Crippen LogP contribution in [0.2, 0.25) is 0 Å². The van der Waals surface area contributed by atoms with Gasteiger partial charge in [0.2, 0.25) is 5.91 Å². The fraction of sp³-hybridized carbons (Fsp3) is 0.556. The number of likely N-dealkylation sites (tertiary alicyclic amines) is 1. The van der Waals surface area contributed by atoms with Crippen LogP contribution in [0.1, 0.15) is 38.3 Å². The lowest BCUT2D eigenvalue weighted by atomic mass is 10.1. The van der Waals surface area contributed by atoms with Crippen molar-refractivity contribution in [1.29, 1.82) is 0 Å². The lowest BCUT2D eigenvalue weighted by molar-refractivity contribution is -0.122. The zero-order valence-corrected chi connectivity index (χ0v) is 14.4. The van der Waals surface area contributed by atoms with E-state index < -0.39 is 6.43 Å². The highest BCUT2D eigenvalue weighted by molar-refractivity contribution is 5.79. The predicted octanol–water partition coefficient (Wildman–Crippen LogP) is 2.96. The normalized spacial score (nSPS) is 18.8. The molecule has 3 heterocycles. The number of nitrogens with zero attached hydrogens (tertiary/aromatic N) is 3. The summed E-state index contributed by atoms with van der Waals surface area (Å²) in [5.41, 5.74) is 0.414. The van der Waals surface area contributed by atoms with Gasteiger partial charge in [-0.15, -0.1) is 0 Å². The number of pyridine rings is 1. The largest absolute Gasteiger partial charge is 0.352 e. The molecule has 0 saturated carbocycles. The average Bonchev–Trinajstić information content (AvgIpc) is 2.99. The van der Waals surface area contributed by atoms with Crippen molar-refractivity contribution in [3.05, 3.63) is 30.1 Å². The van der Waals surface area contributed by atoms with Crippen molar-refractivity contribution < 1.29 is 13.6 Å². The number of hydrogen-bond acceptors (Lipinski definition) is 3. The van der Waals surface area contributed by atoms with Crippen LogP contribution >= 0.6 is 0 Å². The van der Waals surface area contributed by atoms with Gasteiger partial charge in [0.25, 0.3) is 6.43 Å². The van der Waals surface area contributed by atoms with Gasteiger partial charge in [-0.1, -0.05) is 6.92 Å². The summed E-state index contributed by atoms with van der Waals surface area (Å²) in [6.45, 7) is 5.22. The number of likely N-dealkylation sites (N-methyl/N-ethyl adjacent to an activating group) is 1. The van der Waals surface area contributed by atoms with E-state index >= 15 is 0 Å². The Morgan fingerprint density at radius 2 is 2.32 bits per heavy atom. The van der Waals surface area contributed by atoms with Gasteiger partial charge < -0.3 is 14.8 Å². The van der Waals surface area contributed by atoms with E-state index in [9.17, 15) is 13.6 Å². The molecule has 136 valence electrons. The van der Waals surface area contributed by atoms with Gasteiger partial charge in [-0.25, -0.2) is 13.8 Å². The number of amides is 1. The molecule has 0 radical (unpaired) electrons. The topological polar surface area (TPSA) is 50.2 Å². The molecule has 3 rings (SSSR count). The number of hydrogen-bond donors (Lipinski definition) is 1. The second-order valence-corrected chi connectivity index (χ2v) is 6.49. The van der Waals surface area contributed by atoms with E-state index in [4.69, 9.17) is 0 Å². The SMILES string of the molecule is CCN1CCC[C@H](NC(=O)CCn2c(C(F)F)cc3cccnc32)C1. The maximum atomic E-state index is 13.3. The van der Waals surface area contributed by atoms with Crippen LogP contribution in [0.25, 0.3) is 11.0 Å². The van der Waals surface area contributed by atoms with Crippen LogP contribution < -0.4 is 5.32 Å². The summed E-state index contributed by atoms with van der Waals surface area (Å²) in [4.78, 5) is 18.8. The Kier molecular flexibility index (Phi) is 5.63. The summed E-state index contributed by atoms with van der Waals surface area (Å²) >= 11 is 0. The zero-order chi connectivity index (χ0) is 17.8. The van der Waals surface area contributed by atoms with E-state index in [1.54, 1.807) is 18.3 Å². The molecule has 7 heteroatoms. The van der Waals surface area contributed by atoms with Gasteiger partial charge >= 0.3 is 0 Å². The van der Waals surface area contributed by atoms with E-state index in [0.717, 1.165) is 32.5 Å². The minimum Gasteiger partial charge on any atom is -0.352 e. The summed E-state index contributed by atoms with van der Waals surface area (Å²) in [5.74, 6) is -0.0963. The Labute approximate surface area is 146 Å². The first-order chi connectivity index (χ1) is 12.1. The van der Waals surface area contributed by atoms with Crippen molar-refractivity contribution in [3.63, 3.8) is 0 Å². The second kappa shape index (κ2) is 7.91. The summed E-state index contributed by atoms with van der Waals surface area (Å²) in [7, 11) is 0. The highest BCUT2D eigenvalue weighted by atomic mass is 19.3. The number of rotatable bonds is 6. The van der Waals surface area contributed by atoms with Gasteiger partial charge in [0.1, 0.15) is 5.65 Å². The number of halogens is 2. The van der Waals surface area contributed by atoms with Crippen LogP contribution in [-0.4, -0.2) is 46.0 Å². The van der Waals surface area contributed by atoms with E-state index in [1.807, 2.05) is 0 Å². The molecular formula is C18H24F2N4O. The fourth-order valence-corrected chi connectivity index (χ4v) is 3.50. The van der Waals surface area contributed by atoms with Gasteiger partial charge in [0, 0.05) is 37.1 Å². The molecule has 25 heavy (non-hydrogen) atoms. The standard InChI is InChI=1S/C18H24F2N4O/c1-2-23-9-4-6-14(12-23)22-16(25)7-10-24-15(17(19)20)11-13-5-3-8-21-18(13)24/h3,5,8,11,14,17H,2,4,6-7,9-10,12H2,1H3,(H,22,25)/t14-/m0/s1. The summed E-state index contributed by atoms with van der Waals surface area (Å²) in [5, 5.41) is 3.71. The molecular weight excluding hydrogens is 326 g/mol. The number of fused-ring (bicyclic) bond motifs is 1. The molecule has 1 aliphatic heterocycles. The zero-order valence-electron chi connectivity index (χ0n) is 14.4. The van der Waals surface area contributed by atoms with Crippen LogP contribution in [0.3, 0.4) is 0 Å². The van der Waals surface area contributed by atoms with E-state index in [2.05, 4.69) is 22.1 Å². The third kappa shape index (κ3) is 4.15. The fourth-order valence-electron chi connectivity index (χ4n) is 3.50. The van der Waals surface area contributed by atoms with Gasteiger partial charge in [-0.05, 0) is 44.1 Å². The van der Waals surface area contributed by atoms with Crippen LogP contribution in [0, 0.1) is 0 Å². The Morgan fingerprint density at radius 3 is 3.08 bits per heavy atom. The molecule has 2 aromatic heterocycles. The summed E-state index contributed by atoms with van der Waals surface area (Å²) < 4.78 is 28.0. The molecule has 1 N–H and O–H groups in total. The van der Waals surface area contributed by atoms with Gasteiger partial charge in [0.05, 0.1) is 5.69 Å². The first-order valence-corrected chi connectivity index (χ1v) is 8.82. The van der Waals surface area contributed by atoms with Gasteiger partial charge in [-0.2, -0.15) is 0 Å². The van der Waals surface area contributed by atoms with Crippen LogP contribution in [-0.2, 0) is 11.3 Å². The third-order valence-corrected chi connectivity index (χ3v) is 4.79. The minimum atomic E-state index is -2.59. The molecule has 0 bridgehead atoms. The molecule has 1 atom stereocenters. The smallest absolute Gasteiger partial charge is 0.278 e. The molecule has 1 amide bonds.